The number of carboxylic acid groups (broad SMARTS) is 1. The minimum Gasteiger partial charge on any atom is -0.493 e. The molecular weight excluding hydrogens is 624 g/mol. The van der Waals surface area contributed by atoms with Crippen molar-refractivity contribution in [3.05, 3.63) is 82.3 Å². The van der Waals surface area contributed by atoms with Crippen molar-refractivity contribution < 1.29 is 33.2 Å². The lowest BCUT2D eigenvalue weighted by Crippen LogP contribution is -2.38. The van der Waals surface area contributed by atoms with Crippen molar-refractivity contribution in [2.75, 3.05) is 53.1 Å². The third-order valence-corrected chi connectivity index (χ3v) is 8.87. The maximum atomic E-state index is 13.3. The number of hydrogen-bond donors (Lipinski definition) is 1. The van der Waals surface area contributed by atoms with Crippen molar-refractivity contribution in [1.29, 1.82) is 0 Å². The van der Waals surface area contributed by atoms with Crippen LogP contribution in [0.5, 0.6) is 17.2 Å². The number of ether oxygens (including phenoxy) is 3. The molecule has 0 aromatic heterocycles. The average Bonchev–Trinajstić information content (AvgIpc) is 3.31. The van der Waals surface area contributed by atoms with Gasteiger partial charge in [0.25, 0.3) is 5.91 Å². The van der Waals surface area contributed by atoms with Crippen LogP contribution in [0, 0.1) is 0 Å². The molecule has 0 unspecified atom stereocenters. The second-order valence-electron chi connectivity index (χ2n) is 10.1. The number of thioether (sulfide) groups is 1. The summed E-state index contributed by atoms with van der Waals surface area (Å²) >= 11 is 12.5. The number of carbonyl (C=O) groups is 2. The number of aromatic carboxylic acids is 1. The molecule has 9 nitrogen and oxygen atoms in total. The third-order valence-electron chi connectivity index (χ3n) is 7.33. The van der Waals surface area contributed by atoms with Gasteiger partial charge in [0, 0.05) is 31.7 Å². The van der Waals surface area contributed by atoms with Gasteiger partial charge in [-0.1, -0.05) is 48.2 Å². The first-order valence-electron chi connectivity index (χ1n) is 14.0. The summed E-state index contributed by atoms with van der Waals surface area (Å²) in [6.45, 7) is 4.85. The molecule has 2 saturated heterocycles. The molecule has 2 aliphatic rings. The standard InChI is InChI=1S/C32H31ClN2O7S2/c1-39-27-9-7-24(20-28(27)42-33)25-18-22(4-8-26(25)41-17-14-34-12-15-40-16-13-34)19-29-30(36)35(32(43)44-29)11-10-21-2-5-23(6-3-21)31(37)38/h2-9,18-20H,10-17H2,1H3,(H,37,38)/b29-19-. The first kappa shape index (κ1) is 31.8. The molecule has 44 heavy (non-hydrogen) atoms. The summed E-state index contributed by atoms with van der Waals surface area (Å²) in [7, 11) is 1.54. The van der Waals surface area contributed by atoms with Gasteiger partial charge in [-0.25, -0.2) is 4.79 Å². The van der Waals surface area contributed by atoms with Gasteiger partial charge < -0.3 is 23.6 Å². The topological polar surface area (TPSA) is 97.8 Å². The lowest BCUT2D eigenvalue weighted by Gasteiger charge is -2.26. The van der Waals surface area contributed by atoms with E-state index in [4.69, 9.17) is 47.7 Å². The van der Waals surface area contributed by atoms with Crippen LogP contribution in [0.3, 0.4) is 0 Å². The molecule has 2 fully saturated rings. The van der Waals surface area contributed by atoms with Crippen LogP contribution in [-0.2, 0) is 16.0 Å². The fourth-order valence-electron chi connectivity index (χ4n) is 4.90. The highest BCUT2D eigenvalue weighted by Crippen LogP contribution is 2.39. The van der Waals surface area contributed by atoms with E-state index in [-0.39, 0.29) is 11.5 Å². The van der Waals surface area contributed by atoms with E-state index in [1.807, 2.05) is 30.3 Å². The summed E-state index contributed by atoms with van der Waals surface area (Å²) in [6, 6.07) is 17.8. The van der Waals surface area contributed by atoms with Gasteiger partial charge in [-0.2, -0.15) is 0 Å². The van der Waals surface area contributed by atoms with E-state index in [0.29, 0.717) is 46.0 Å². The van der Waals surface area contributed by atoms with Crippen molar-refractivity contribution in [2.45, 2.75) is 6.42 Å². The van der Waals surface area contributed by atoms with E-state index in [9.17, 15) is 9.59 Å². The highest BCUT2D eigenvalue weighted by atomic mass is 35.5. The van der Waals surface area contributed by atoms with E-state index in [1.54, 1.807) is 48.4 Å². The summed E-state index contributed by atoms with van der Waals surface area (Å²) < 4.78 is 22.6. The second-order valence-corrected chi connectivity index (χ2v) is 11.9. The van der Waals surface area contributed by atoms with Gasteiger partial charge in [0.1, 0.15) is 28.5 Å². The van der Waals surface area contributed by atoms with Gasteiger partial charge in [-0.05, 0) is 65.6 Å². The number of nitrogens with zero attached hydrogens (tertiary/aromatic N) is 2. The molecule has 230 valence electrons. The van der Waals surface area contributed by atoms with Crippen molar-refractivity contribution in [2.24, 2.45) is 0 Å². The van der Waals surface area contributed by atoms with Crippen LogP contribution >= 0.6 is 35.8 Å². The zero-order valence-corrected chi connectivity index (χ0v) is 26.4. The first-order chi connectivity index (χ1) is 21.4. The molecule has 0 saturated carbocycles. The highest BCUT2D eigenvalue weighted by molar-refractivity contribution is 8.26. The Kier molecular flexibility index (Phi) is 10.8. The van der Waals surface area contributed by atoms with Gasteiger partial charge in [0.2, 0.25) is 0 Å². The third kappa shape index (κ3) is 7.72. The lowest BCUT2D eigenvalue weighted by molar-refractivity contribution is -0.122. The molecule has 0 aliphatic carbocycles. The molecule has 0 radical (unpaired) electrons. The predicted octanol–water partition coefficient (Wildman–Crippen LogP) is 5.75. The zero-order chi connectivity index (χ0) is 31.1. The number of rotatable bonds is 12. The molecule has 0 spiro atoms. The van der Waals surface area contributed by atoms with Gasteiger partial charge >= 0.3 is 5.97 Å². The molecule has 5 rings (SSSR count). The van der Waals surface area contributed by atoms with Gasteiger partial charge in [-0.3, -0.25) is 14.6 Å². The van der Waals surface area contributed by atoms with E-state index < -0.39 is 5.97 Å². The van der Waals surface area contributed by atoms with E-state index in [0.717, 1.165) is 55.1 Å². The summed E-state index contributed by atoms with van der Waals surface area (Å²) in [5, 5.41) is 9.12. The fraction of sp³-hybridized carbons (Fsp3) is 0.281. The fourth-order valence-corrected chi connectivity index (χ4v) is 6.33. The Morgan fingerprint density at radius 1 is 1.05 bits per heavy atom. The van der Waals surface area contributed by atoms with Crippen molar-refractivity contribution in [1.82, 2.24) is 9.80 Å². The Hall–Kier alpha value is -3.61. The molecule has 2 aliphatic heterocycles. The Balaban J connectivity index is 1.35. The Bertz CT molecular complexity index is 1560. The van der Waals surface area contributed by atoms with Gasteiger partial charge in [-0.15, -0.1) is 0 Å². The van der Waals surface area contributed by atoms with Crippen LogP contribution in [0.4, 0.5) is 0 Å². The number of methoxy groups -OCH3 is 1. The summed E-state index contributed by atoms with van der Waals surface area (Å²) in [6.07, 6.45) is 2.37. The largest absolute Gasteiger partial charge is 0.493 e. The highest BCUT2D eigenvalue weighted by Gasteiger charge is 2.31. The Morgan fingerprint density at radius 3 is 2.50 bits per heavy atom. The Labute approximate surface area is 270 Å². The lowest BCUT2D eigenvalue weighted by atomic mass is 10.0. The molecule has 3 aromatic carbocycles. The van der Waals surface area contributed by atoms with E-state index >= 15 is 0 Å². The number of carboxylic acids is 1. The Morgan fingerprint density at radius 2 is 1.80 bits per heavy atom. The molecular formula is C32H31ClN2O7S2. The summed E-state index contributed by atoms with van der Waals surface area (Å²) in [5.41, 5.74) is 3.55. The SMILES string of the molecule is COc1ccc(-c2cc(/C=C3\SC(=S)N(CCc4ccc(C(=O)O)cc4)C3=O)ccc2OCCN2CCOCC2)cc1OCl. The number of benzene rings is 3. The van der Waals surface area contributed by atoms with E-state index in [1.165, 1.54) is 11.8 Å². The van der Waals surface area contributed by atoms with Crippen LogP contribution in [0.25, 0.3) is 17.2 Å². The normalized spacial score (nSPS) is 16.4. The first-order valence-corrected chi connectivity index (χ1v) is 15.5. The van der Waals surface area contributed by atoms with Crippen LogP contribution in [0.1, 0.15) is 21.5 Å². The molecule has 1 N–H and O–H groups in total. The minimum absolute atomic E-state index is 0.170. The number of amides is 1. The van der Waals surface area contributed by atoms with Crippen LogP contribution in [-0.4, -0.2) is 84.2 Å². The molecule has 0 atom stereocenters. The quantitative estimate of drug-likeness (QED) is 0.192. The van der Waals surface area contributed by atoms with Crippen molar-refractivity contribution >= 4 is 58.1 Å². The number of halogens is 1. The molecule has 12 heteroatoms. The van der Waals surface area contributed by atoms with Gasteiger partial charge in [0.15, 0.2) is 11.5 Å². The predicted molar refractivity (Wildman–Crippen MR) is 175 cm³/mol. The second kappa shape index (κ2) is 14.9. The van der Waals surface area contributed by atoms with Crippen molar-refractivity contribution in [3.8, 4) is 28.4 Å². The van der Waals surface area contributed by atoms with Crippen molar-refractivity contribution in [3.63, 3.8) is 0 Å². The average molecular weight is 655 g/mol. The number of carbonyl (C=O) groups excluding carboxylic acids is 1. The zero-order valence-electron chi connectivity index (χ0n) is 24.0. The maximum absolute atomic E-state index is 13.3. The molecule has 0 bridgehead atoms. The van der Waals surface area contributed by atoms with Crippen LogP contribution < -0.4 is 13.8 Å². The monoisotopic (exact) mass is 654 g/mol. The summed E-state index contributed by atoms with van der Waals surface area (Å²) in [4.78, 5) is 28.9. The maximum Gasteiger partial charge on any atom is 0.335 e. The van der Waals surface area contributed by atoms with Gasteiger partial charge in [0.05, 0.1) is 30.8 Å². The number of thiocarbonyl (C=S) groups is 1. The molecule has 2 heterocycles. The number of morpholine rings is 1. The smallest absolute Gasteiger partial charge is 0.335 e. The number of hydrogen-bond acceptors (Lipinski definition) is 9. The molecule has 3 aromatic rings. The minimum atomic E-state index is -0.978. The van der Waals surface area contributed by atoms with E-state index in [2.05, 4.69) is 4.90 Å². The van der Waals surface area contributed by atoms with Crippen LogP contribution in [0.2, 0.25) is 0 Å². The van der Waals surface area contributed by atoms with Crippen LogP contribution in [0.15, 0.2) is 65.6 Å². The molecule has 1 amide bonds. The summed E-state index contributed by atoms with van der Waals surface area (Å²) in [5.74, 6) is 0.402.